The number of anilines is 2. The van der Waals surface area contributed by atoms with Crippen LogP contribution in [0.25, 0.3) is 0 Å². The van der Waals surface area contributed by atoms with Crippen LogP contribution >= 0.6 is 0 Å². The molecule has 0 aromatic heterocycles. The highest BCUT2D eigenvalue weighted by molar-refractivity contribution is 5.92. The van der Waals surface area contributed by atoms with Gasteiger partial charge in [-0.3, -0.25) is 14.9 Å². The van der Waals surface area contributed by atoms with Crippen LogP contribution in [0.4, 0.5) is 30.2 Å². The molecule has 0 fully saturated rings. The van der Waals surface area contributed by atoms with Crippen LogP contribution in [0.15, 0.2) is 36.4 Å². The van der Waals surface area contributed by atoms with E-state index in [1.54, 1.807) is 6.07 Å². The van der Waals surface area contributed by atoms with Crippen LogP contribution < -0.4 is 10.6 Å². The third-order valence-corrected chi connectivity index (χ3v) is 4.07. The SMILES string of the molecule is Cc1cccc(NC(=O)CCNc2ccc(C(F)(F)F)cc2[N+](=O)[O-])c1C. The summed E-state index contributed by atoms with van der Waals surface area (Å²) in [5, 5.41) is 16.4. The van der Waals surface area contributed by atoms with Crippen molar-refractivity contribution in [1.29, 1.82) is 0 Å². The molecule has 0 heterocycles. The molecule has 144 valence electrons. The van der Waals surface area contributed by atoms with Gasteiger partial charge in [0.05, 0.1) is 10.5 Å². The fraction of sp³-hybridized carbons (Fsp3) is 0.278. The zero-order valence-corrected chi connectivity index (χ0v) is 14.7. The lowest BCUT2D eigenvalue weighted by Gasteiger charge is -2.12. The molecule has 0 atom stereocenters. The summed E-state index contributed by atoms with van der Waals surface area (Å²) in [5.41, 5.74) is 0.740. The van der Waals surface area contributed by atoms with Gasteiger partial charge in [-0.25, -0.2) is 0 Å². The zero-order valence-electron chi connectivity index (χ0n) is 14.7. The van der Waals surface area contributed by atoms with Crippen LogP contribution in [-0.2, 0) is 11.0 Å². The molecule has 0 aliphatic rings. The molecule has 0 saturated carbocycles. The minimum Gasteiger partial charge on any atom is -0.379 e. The Morgan fingerprint density at radius 2 is 1.85 bits per heavy atom. The minimum absolute atomic E-state index is 0.00837. The number of nitrogens with one attached hydrogen (secondary N) is 2. The Labute approximate surface area is 153 Å². The maximum atomic E-state index is 12.7. The van der Waals surface area contributed by atoms with Crippen molar-refractivity contribution in [1.82, 2.24) is 0 Å². The molecule has 0 saturated heterocycles. The quantitative estimate of drug-likeness (QED) is 0.562. The van der Waals surface area contributed by atoms with Gasteiger partial charge in [-0.1, -0.05) is 12.1 Å². The minimum atomic E-state index is -4.67. The lowest BCUT2D eigenvalue weighted by molar-refractivity contribution is -0.384. The summed E-state index contributed by atoms with van der Waals surface area (Å²) in [6, 6.07) is 7.69. The number of hydrogen-bond acceptors (Lipinski definition) is 4. The normalized spacial score (nSPS) is 11.1. The number of carbonyl (C=O) groups excluding carboxylic acids is 1. The summed E-state index contributed by atoms with van der Waals surface area (Å²) in [6.45, 7) is 3.81. The van der Waals surface area contributed by atoms with E-state index in [-0.39, 0.29) is 24.6 Å². The van der Waals surface area contributed by atoms with E-state index in [9.17, 15) is 28.1 Å². The zero-order chi connectivity index (χ0) is 20.2. The summed E-state index contributed by atoms with van der Waals surface area (Å²) in [6.07, 6.45) is -4.68. The molecule has 2 aromatic rings. The van der Waals surface area contributed by atoms with Crippen LogP contribution in [0, 0.1) is 24.0 Å². The highest BCUT2D eigenvalue weighted by Crippen LogP contribution is 2.34. The topological polar surface area (TPSA) is 84.3 Å². The van der Waals surface area contributed by atoms with Crippen molar-refractivity contribution in [3.05, 3.63) is 63.2 Å². The summed E-state index contributed by atoms with van der Waals surface area (Å²) >= 11 is 0. The summed E-state index contributed by atoms with van der Waals surface area (Å²) < 4.78 is 38.1. The first-order valence-electron chi connectivity index (χ1n) is 8.05. The van der Waals surface area contributed by atoms with Crippen LogP contribution in [-0.4, -0.2) is 17.4 Å². The van der Waals surface area contributed by atoms with E-state index in [4.69, 9.17) is 0 Å². The Balaban J connectivity index is 2.01. The molecule has 2 rings (SSSR count). The second-order valence-electron chi connectivity index (χ2n) is 5.96. The Kier molecular flexibility index (Phi) is 6.04. The van der Waals surface area contributed by atoms with Crippen LogP contribution in [0.3, 0.4) is 0 Å². The lowest BCUT2D eigenvalue weighted by Crippen LogP contribution is -2.17. The maximum Gasteiger partial charge on any atom is 0.416 e. The first-order chi connectivity index (χ1) is 12.6. The van der Waals surface area contributed by atoms with Gasteiger partial charge in [0.15, 0.2) is 0 Å². The number of alkyl halides is 3. The van der Waals surface area contributed by atoms with Crippen molar-refractivity contribution in [3.8, 4) is 0 Å². The average molecular weight is 381 g/mol. The number of nitro benzene ring substituents is 1. The van der Waals surface area contributed by atoms with Crippen molar-refractivity contribution >= 4 is 23.0 Å². The molecule has 1 amide bonds. The van der Waals surface area contributed by atoms with E-state index < -0.39 is 22.4 Å². The van der Waals surface area contributed by atoms with Crippen LogP contribution in [0.5, 0.6) is 0 Å². The fourth-order valence-corrected chi connectivity index (χ4v) is 2.42. The molecule has 0 radical (unpaired) electrons. The number of aryl methyl sites for hydroxylation is 1. The maximum absolute atomic E-state index is 12.7. The Morgan fingerprint density at radius 3 is 2.48 bits per heavy atom. The standard InChI is InChI=1S/C18H18F3N3O3/c1-11-4-3-5-14(12(11)2)23-17(25)8-9-22-15-7-6-13(18(19,20)21)10-16(15)24(26)27/h3-7,10,22H,8-9H2,1-2H3,(H,23,25). The fourth-order valence-electron chi connectivity index (χ4n) is 2.42. The Bertz CT molecular complexity index is 867. The number of carbonyl (C=O) groups is 1. The van der Waals surface area contributed by atoms with Crippen molar-refractivity contribution in [2.24, 2.45) is 0 Å². The van der Waals surface area contributed by atoms with Crippen molar-refractivity contribution in [3.63, 3.8) is 0 Å². The number of nitrogens with zero attached hydrogens (tertiary/aromatic N) is 1. The molecule has 2 N–H and O–H groups in total. The molecule has 2 aromatic carbocycles. The third kappa shape index (κ3) is 5.19. The van der Waals surface area contributed by atoms with Crippen LogP contribution in [0.1, 0.15) is 23.1 Å². The molecule has 6 nitrogen and oxygen atoms in total. The predicted octanol–water partition coefficient (Wildman–Crippen LogP) is 4.67. The number of amides is 1. The number of rotatable bonds is 6. The smallest absolute Gasteiger partial charge is 0.379 e. The van der Waals surface area contributed by atoms with Gasteiger partial charge in [0.1, 0.15) is 5.69 Å². The molecule has 0 aliphatic carbocycles. The first-order valence-corrected chi connectivity index (χ1v) is 8.05. The monoisotopic (exact) mass is 381 g/mol. The van der Waals surface area contributed by atoms with Gasteiger partial charge in [-0.2, -0.15) is 13.2 Å². The van der Waals surface area contributed by atoms with E-state index in [0.29, 0.717) is 11.8 Å². The molecule has 0 unspecified atom stereocenters. The predicted molar refractivity (Wildman–Crippen MR) is 95.8 cm³/mol. The number of halogens is 3. The number of benzene rings is 2. The second kappa shape index (κ2) is 8.07. The van der Waals surface area contributed by atoms with Gasteiger partial charge in [0.2, 0.25) is 5.91 Å². The highest BCUT2D eigenvalue weighted by atomic mass is 19.4. The average Bonchev–Trinajstić information content (AvgIpc) is 2.58. The third-order valence-electron chi connectivity index (χ3n) is 4.07. The Hall–Kier alpha value is -3.10. The van der Waals surface area contributed by atoms with Gasteiger partial charge in [-0.05, 0) is 43.2 Å². The largest absolute Gasteiger partial charge is 0.416 e. The summed E-state index contributed by atoms with van der Waals surface area (Å²) in [5.74, 6) is -0.314. The van der Waals surface area contributed by atoms with E-state index in [1.165, 1.54) is 0 Å². The van der Waals surface area contributed by atoms with Gasteiger partial charge in [0, 0.05) is 24.7 Å². The van der Waals surface area contributed by atoms with Gasteiger partial charge < -0.3 is 10.6 Å². The molecule has 9 heteroatoms. The van der Waals surface area contributed by atoms with E-state index >= 15 is 0 Å². The van der Waals surface area contributed by atoms with E-state index in [0.717, 1.165) is 23.3 Å². The lowest BCUT2D eigenvalue weighted by atomic mass is 10.1. The van der Waals surface area contributed by atoms with Crippen molar-refractivity contribution < 1.29 is 22.9 Å². The first kappa shape index (κ1) is 20.2. The van der Waals surface area contributed by atoms with Crippen LogP contribution in [0.2, 0.25) is 0 Å². The molecular formula is C18H18F3N3O3. The van der Waals surface area contributed by atoms with E-state index in [1.807, 2.05) is 26.0 Å². The molecular weight excluding hydrogens is 363 g/mol. The number of hydrogen-bond donors (Lipinski definition) is 2. The van der Waals surface area contributed by atoms with Gasteiger partial charge in [0.25, 0.3) is 5.69 Å². The Morgan fingerprint density at radius 1 is 1.15 bits per heavy atom. The highest BCUT2D eigenvalue weighted by Gasteiger charge is 2.33. The summed E-state index contributed by atoms with van der Waals surface area (Å²) in [7, 11) is 0. The van der Waals surface area contributed by atoms with Gasteiger partial charge in [-0.15, -0.1) is 0 Å². The van der Waals surface area contributed by atoms with Crippen molar-refractivity contribution in [2.45, 2.75) is 26.4 Å². The molecule has 0 bridgehead atoms. The van der Waals surface area contributed by atoms with Crippen molar-refractivity contribution in [2.75, 3.05) is 17.2 Å². The molecule has 0 spiro atoms. The summed E-state index contributed by atoms with van der Waals surface area (Å²) in [4.78, 5) is 22.2. The van der Waals surface area contributed by atoms with Gasteiger partial charge >= 0.3 is 6.18 Å². The number of nitro groups is 1. The molecule has 0 aliphatic heterocycles. The van der Waals surface area contributed by atoms with E-state index in [2.05, 4.69) is 10.6 Å². The molecule has 27 heavy (non-hydrogen) atoms. The second-order valence-corrected chi connectivity index (χ2v) is 5.96.